The predicted octanol–water partition coefficient (Wildman–Crippen LogP) is 1.25. The minimum absolute atomic E-state index is 0.0197. The second kappa shape index (κ2) is 4.56. The summed E-state index contributed by atoms with van der Waals surface area (Å²) in [4.78, 5) is 37.2. The Morgan fingerprint density at radius 2 is 2.05 bits per heavy atom. The van der Waals surface area contributed by atoms with Gasteiger partial charge in [-0.1, -0.05) is 6.08 Å². The molecule has 1 aliphatic heterocycles. The van der Waals surface area contributed by atoms with Crippen molar-refractivity contribution < 1.29 is 29.0 Å². The average molecular weight is 300 g/mol. The fraction of sp³-hybridized carbons (Fsp3) is 0.188. The third kappa shape index (κ3) is 1.64. The third-order valence-electron chi connectivity index (χ3n) is 3.67. The van der Waals surface area contributed by atoms with Gasteiger partial charge < -0.3 is 14.6 Å². The highest BCUT2D eigenvalue weighted by Crippen LogP contribution is 2.43. The first kappa shape index (κ1) is 14.1. The van der Waals surface area contributed by atoms with Gasteiger partial charge in [-0.15, -0.1) is 0 Å². The van der Waals surface area contributed by atoms with E-state index < -0.39 is 23.1 Å². The summed E-state index contributed by atoms with van der Waals surface area (Å²) < 4.78 is 10.3. The van der Waals surface area contributed by atoms with E-state index in [2.05, 4.69) is 4.74 Å². The molecule has 6 nitrogen and oxygen atoms in total. The van der Waals surface area contributed by atoms with Crippen LogP contribution in [0.15, 0.2) is 35.9 Å². The number of aryl methyl sites for hydroxylation is 1. The Morgan fingerprint density at radius 1 is 1.32 bits per heavy atom. The second-order valence-electron chi connectivity index (χ2n) is 5.06. The monoisotopic (exact) mass is 300 g/mol. The van der Waals surface area contributed by atoms with Crippen molar-refractivity contribution in [3.63, 3.8) is 0 Å². The lowest BCUT2D eigenvalue weighted by Crippen LogP contribution is -2.58. The molecule has 1 heterocycles. The molecule has 0 aromatic heterocycles. The average Bonchev–Trinajstić information content (AvgIpc) is 2.47. The van der Waals surface area contributed by atoms with Gasteiger partial charge in [-0.05, 0) is 36.8 Å². The van der Waals surface area contributed by atoms with Crippen LogP contribution in [0.2, 0.25) is 0 Å². The molecule has 1 N–H and O–H groups in total. The summed E-state index contributed by atoms with van der Waals surface area (Å²) in [5.74, 6) is -2.60. The van der Waals surface area contributed by atoms with Gasteiger partial charge >= 0.3 is 5.97 Å². The molecule has 1 atom stereocenters. The number of fused-ring (bicyclic) bond motifs is 2. The van der Waals surface area contributed by atoms with Crippen LogP contribution in [0.4, 0.5) is 0 Å². The fourth-order valence-electron chi connectivity index (χ4n) is 2.68. The van der Waals surface area contributed by atoms with E-state index in [9.17, 15) is 19.5 Å². The first-order valence-corrected chi connectivity index (χ1v) is 6.51. The second-order valence-corrected chi connectivity index (χ2v) is 5.06. The van der Waals surface area contributed by atoms with Gasteiger partial charge in [0.1, 0.15) is 17.1 Å². The number of benzene rings is 1. The normalized spacial score (nSPS) is 22.4. The van der Waals surface area contributed by atoms with Gasteiger partial charge in [0.15, 0.2) is 0 Å². The number of phenols is 1. The molecule has 2 aliphatic rings. The van der Waals surface area contributed by atoms with Crippen LogP contribution in [0.3, 0.4) is 0 Å². The van der Waals surface area contributed by atoms with E-state index in [0.717, 1.165) is 13.2 Å². The number of ketones is 2. The smallest absolute Gasteiger partial charge is 0.363 e. The Hall–Kier alpha value is -2.89. The highest BCUT2D eigenvalue weighted by molar-refractivity contribution is 6.28. The maximum absolute atomic E-state index is 12.7. The van der Waals surface area contributed by atoms with Gasteiger partial charge in [0.05, 0.1) is 12.7 Å². The van der Waals surface area contributed by atoms with Crippen molar-refractivity contribution >= 4 is 17.5 Å². The Morgan fingerprint density at radius 3 is 2.73 bits per heavy atom. The number of carbonyl (C=O) groups excluding carboxylic acids is 3. The van der Waals surface area contributed by atoms with Crippen LogP contribution in [0.25, 0.3) is 0 Å². The van der Waals surface area contributed by atoms with Gasteiger partial charge in [0.2, 0.25) is 11.6 Å². The van der Waals surface area contributed by atoms with E-state index in [1.807, 2.05) is 0 Å². The maximum Gasteiger partial charge on any atom is 0.363 e. The summed E-state index contributed by atoms with van der Waals surface area (Å²) in [5, 5.41) is 10.00. The molecule has 0 fully saturated rings. The molecule has 0 bridgehead atoms. The van der Waals surface area contributed by atoms with E-state index in [4.69, 9.17) is 4.74 Å². The molecule has 0 radical (unpaired) electrons. The van der Waals surface area contributed by atoms with Crippen LogP contribution in [-0.2, 0) is 14.3 Å². The standard InChI is InChI=1S/C16H12O6/c1-8-6-10(17)13-11(7-8)22-16(15(20)21-2)9(14(13)19)4-3-5-12(16)18/h3-7,17H,1-2H3/t16-/m0/s1. The molecule has 1 aromatic rings. The van der Waals surface area contributed by atoms with Gasteiger partial charge in [-0.2, -0.15) is 0 Å². The zero-order valence-electron chi connectivity index (χ0n) is 11.9. The van der Waals surface area contributed by atoms with Crippen molar-refractivity contribution in [2.24, 2.45) is 0 Å². The van der Waals surface area contributed by atoms with Crippen LogP contribution in [0.1, 0.15) is 15.9 Å². The molecule has 0 saturated heterocycles. The van der Waals surface area contributed by atoms with E-state index in [0.29, 0.717) is 5.56 Å². The number of Topliss-reactive ketones (excluding diaryl/α,β-unsaturated/α-hetero) is 1. The van der Waals surface area contributed by atoms with Crippen molar-refractivity contribution in [3.05, 3.63) is 47.1 Å². The summed E-state index contributed by atoms with van der Waals surface area (Å²) in [6, 6.07) is 2.90. The predicted molar refractivity (Wildman–Crippen MR) is 74.8 cm³/mol. The van der Waals surface area contributed by atoms with E-state index in [-0.39, 0.29) is 22.6 Å². The molecular weight excluding hydrogens is 288 g/mol. The summed E-state index contributed by atoms with van der Waals surface area (Å²) in [5.41, 5.74) is -1.76. The lowest BCUT2D eigenvalue weighted by atomic mass is 9.78. The summed E-state index contributed by atoms with van der Waals surface area (Å²) in [7, 11) is 1.11. The zero-order valence-corrected chi connectivity index (χ0v) is 11.9. The van der Waals surface area contributed by atoms with Crippen LogP contribution >= 0.6 is 0 Å². The van der Waals surface area contributed by atoms with Crippen molar-refractivity contribution in [3.8, 4) is 11.5 Å². The molecule has 112 valence electrons. The Balaban J connectivity index is 2.32. The van der Waals surface area contributed by atoms with Crippen LogP contribution in [0.5, 0.6) is 11.5 Å². The van der Waals surface area contributed by atoms with E-state index in [1.165, 1.54) is 24.3 Å². The zero-order chi connectivity index (χ0) is 16.1. The number of methoxy groups -OCH3 is 1. The van der Waals surface area contributed by atoms with E-state index >= 15 is 0 Å². The van der Waals surface area contributed by atoms with Gasteiger partial charge in [-0.25, -0.2) is 4.79 Å². The lowest BCUT2D eigenvalue weighted by Gasteiger charge is -2.36. The minimum atomic E-state index is -2.15. The number of phenolic OH excluding ortho intramolecular Hbond substituents is 1. The highest BCUT2D eigenvalue weighted by Gasteiger charge is 2.58. The minimum Gasteiger partial charge on any atom is -0.507 e. The molecule has 22 heavy (non-hydrogen) atoms. The lowest BCUT2D eigenvalue weighted by molar-refractivity contribution is -0.160. The summed E-state index contributed by atoms with van der Waals surface area (Å²) in [6.45, 7) is 1.69. The Bertz CT molecular complexity index is 786. The number of rotatable bonds is 1. The topological polar surface area (TPSA) is 89.9 Å². The van der Waals surface area contributed by atoms with Crippen LogP contribution < -0.4 is 4.74 Å². The highest BCUT2D eigenvalue weighted by atomic mass is 16.6. The van der Waals surface area contributed by atoms with Gasteiger partial charge in [0.25, 0.3) is 5.60 Å². The van der Waals surface area contributed by atoms with Crippen molar-refractivity contribution in [1.82, 2.24) is 0 Å². The molecule has 1 aliphatic carbocycles. The molecular formula is C16H12O6. The molecule has 0 unspecified atom stereocenters. The molecule has 0 spiro atoms. The Kier molecular flexibility index (Phi) is 2.91. The number of hydrogen-bond donors (Lipinski definition) is 1. The van der Waals surface area contributed by atoms with Crippen LogP contribution in [-0.4, -0.2) is 35.4 Å². The van der Waals surface area contributed by atoms with Crippen LogP contribution in [0, 0.1) is 6.92 Å². The summed E-state index contributed by atoms with van der Waals surface area (Å²) in [6.07, 6.45) is 3.83. The molecule has 3 rings (SSSR count). The maximum atomic E-state index is 12.7. The number of aromatic hydroxyl groups is 1. The van der Waals surface area contributed by atoms with Crippen molar-refractivity contribution in [1.29, 1.82) is 0 Å². The number of esters is 1. The first-order chi connectivity index (χ1) is 10.4. The van der Waals surface area contributed by atoms with Crippen molar-refractivity contribution in [2.75, 3.05) is 7.11 Å². The number of ether oxygens (including phenoxy) is 2. The molecule has 1 aromatic carbocycles. The Labute approximate surface area is 125 Å². The number of allylic oxidation sites excluding steroid dienone is 2. The molecule has 0 amide bonds. The summed E-state index contributed by atoms with van der Waals surface area (Å²) >= 11 is 0. The van der Waals surface area contributed by atoms with Crippen molar-refractivity contribution in [2.45, 2.75) is 12.5 Å². The quantitative estimate of drug-likeness (QED) is 0.620. The largest absolute Gasteiger partial charge is 0.507 e. The first-order valence-electron chi connectivity index (χ1n) is 6.51. The third-order valence-corrected chi connectivity index (χ3v) is 3.67. The van der Waals surface area contributed by atoms with Gasteiger partial charge in [0, 0.05) is 0 Å². The molecule has 6 heteroatoms. The number of carbonyl (C=O) groups is 3. The fourth-order valence-corrected chi connectivity index (χ4v) is 2.68. The number of hydrogen-bond acceptors (Lipinski definition) is 6. The van der Waals surface area contributed by atoms with Gasteiger partial charge in [-0.3, -0.25) is 9.59 Å². The van der Waals surface area contributed by atoms with E-state index in [1.54, 1.807) is 6.92 Å². The molecule has 0 saturated carbocycles. The SMILES string of the molecule is COC(=O)[C@]12Oc3cc(C)cc(O)c3C(=O)C1=CC=CC2=O.